The Hall–Kier alpha value is -1.06. The summed E-state index contributed by atoms with van der Waals surface area (Å²) in [6.45, 7) is 1.06. The molecule has 4 heteroatoms. The zero-order valence-electron chi connectivity index (χ0n) is 9.37. The van der Waals surface area contributed by atoms with Crippen LogP contribution in [0.15, 0.2) is 24.3 Å². The normalized spacial score (nSPS) is 14.9. The summed E-state index contributed by atoms with van der Waals surface area (Å²) in [7, 11) is 0. The van der Waals surface area contributed by atoms with Gasteiger partial charge in [0.15, 0.2) is 0 Å². The maximum atomic E-state index is 5.89. The summed E-state index contributed by atoms with van der Waals surface area (Å²) in [5, 5.41) is 6.55. The Balaban J connectivity index is 1.96. The topological polar surface area (TPSA) is 24.9 Å². The quantitative estimate of drug-likeness (QED) is 0.835. The predicted octanol–water partition coefficient (Wildman–Crippen LogP) is 4.21. The molecule has 1 aromatic carbocycles. The second-order valence-electron chi connectivity index (χ2n) is 4.19. The molecule has 0 spiro atoms. The first-order valence-electron chi connectivity index (χ1n) is 5.82. The molecule has 1 aliphatic rings. The zero-order chi connectivity index (χ0) is 11.7. The van der Waals surface area contributed by atoms with Gasteiger partial charge in [-0.05, 0) is 31.4 Å². The van der Waals surface area contributed by atoms with Gasteiger partial charge in [-0.2, -0.15) is 0 Å². The first-order chi connectivity index (χ1) is 8.33. The van der Waals surface area contributed by atoms with Crippen molar-refractivity contribution in [2.75, 3.05) is 11.9 Å². The second-order valence-corrected chi connectivity index (χ2v) is 5.62. The van der Waals surface area contributed by atoms with Crippen LogP contribution in [0.25, 0.3) is 10.6 Å². The van der Waals surface area contributed by atoms with Gasteiger partial charge in [-0.1, -0.05) is 35.1 Å². The standard InChI is InChI=1S/C13H13ClN2S/c14-10-6-4-9(5-7-10)12-16-11-3-1-2-8-15-13(11)17-12/h4-7,15H,1-3,8H2. The van der Waals surface area contributed by atoms with Crippen LogP contribution >= 0.6 is 22.9 Å². The van der Waals surface area contributed by atoms with Crippen molar-refractivity contribution < 1.29 is 0 Å². The van der Waals surface area contributed by atoms with Crippen molar-refractivity contribution in [1.82, 2.24) is 4.98 Å². The lowest BCUT2D eigenvalue weighted by Gasteiger charge is -1.98. The van der Waals surface area contributed by atoms with Crippen molar-refractivity contribution in [3.8, 4) is 10.6 Å². The van der Waals surface area contributed by atoms with E-state index in [1.807, 2.05) is 24.3 Å². The van der Waals surface area contributed by atoms with E-state index in [2.05, 4.69) is 5.32 Å². The van der Waals surface area contributed by atoms with Gasteiger partial charge in [0.2, 0.25) is 0 Å². The van der Waals surface area contributed by atoms with Crippen molar-refractivity contribution in [2.45, 2.75) is 19.3 Å². The van der Waals surface area contributed by atoms with E-state index < -0.39 is 0 Å². The van der Waals surface area contributed by atoms with Crippen LogP contribution < -0.4 is 5.32 Å². The van der Waals surface area contributed by atoms with Crippen LogP contribution in [0.1, 0.15) is 18.5 Å². The Kier molecular flexibility index (Phi) is 3.04. The van der Waals surface area contributed by atoms with Gasteiger partial charge in [0, 0.05) is 17.1 Å². The number of nitrogens with zero attached hydrogens (tertiary/aromatic N) is 1. The number of aryl methyl sites for hydroxylation is 1. The number of anilines is 1. The molecule has 3 rings (SSSR count). The molecule has 0 saturated carbocycles. The Labute approximate surface area is 110 Å². The zero-order valence-corrected chi connectivity index (χ0v) is 10.9. The number of thiazole rings is 1. The summed E-state index contributed by atoms with van der Waals surface area (Å²) in [4.78, 5) is 4.72. The van der Waals surface area contributed by atoms with Gasteiger partial charge in [-0.3, -0.25) is 0 Å². The number of halogens is 1. The van der Waals surface area contributed by atoms with Crippen molar-refractivity contribution in [3.63, 3.8) is 0 Å². The lowest BCUT2D eigenvalue weighted by molar-refractivity contribution is 0.775. The molecule has 0 amide bonds. The number of nitrogens with one attached hydrogen (secondary N) is 1. The number of hydrogen-bond acceptors (Lipinski definition) is 3. The van der Waals surface area contributed by atoms with Gasteiger partial charge in [-0.15, -0.1) is 0 Å². The van der Waals surface area contributed by atoms with Gasteiger partial charge in [0.1, 0.15) is 10.0 Å². The van der Waals surface area contributed by atoms with Gasteiger partial charge in [0.05, 0.1) is 5.69 Å². The average molecular weight is 265 g/mol. The van der Waals surface area contributed by atoms with E-state index in [1.54, 1.807) is 11.3 Å². The van der Waals surface area contributed by atoms with E-state index in [0.29, 0.717) is 0 Å². The molecule has 0 radical (unpaired) electrons. The van der Waals surface area contributed by atoms with Crippen LogP contribution in [-0.4, -0.2) is 11.5 Å². The molecular weight excluding hydrogens is 252 g/mol. The molecule has 1 aliphatic heterocycles. The molecule has 88 valence electrons. The Morgan fingerprint density at radius 2 is 2.00 bits per heavy atom. The highest BCUT2D eigenvalue weighted by atomic mass is 35.5. The second kappa shape index (κ2) is 4.67. The number of benzene rings is 1. The van der Waals surface area contributed by atoms with Crippen LogP contribution in [0.2, 0.25) is 5.02 Å². The molecule has 0 aliphatic carbocycles. The fourth-order valence-electron chi connectivity index (χ4n) is 1.99. The monoisotopic (exact) mass is 264 g/mol. The van der Waals surface area contributed by atoms with E-state index in [1.165, 1.54) is 23.5 Å². The fourth-order valence-corrected chi connectivity index (χ4v) is 3.16. The van der Waals surface area contributed by atoms with Gasteiger partial charge in [0.25, 0.3) is 0 Å². The Morgan fingerprint density at radius 1 is 1.18 bits per heavy atom. The number of rotatable bonds is 1. The van der Waals surface area contributed by atoms with Gasteiger partial charge in [-0.25, -0.2) is 4.98 Å². The molecule has 2 aromatic rings. The molecule has 2 nitrogen and oxygen atoms in total. The third kappa shape index (κ3) is 2.31. The van der Waals surface area contributed by atoms with Crippen molar-refractivity contribution in [2.24, 2.45) is 0 Å². The molecule has 0 fully saturated rings. The molecular formula is C13H13ClN2S. The first kappa shape index (κ1) is 11.1. The minimum Gasteiger partial charge on any atom is -0.375 e. The highest BCUT2D eigenvalue weighted by molar-refractivity contribution is 7.19. The maximum absolute atomic E-state index is 5.89. The molecule has 0 atom stereocenters. The van der Waals surface area contributed by atoms with Crippen LogP contribution in [-0.2, 0) is 6.42 Å². The molecule has 0 unspecified atom stereocenters. The van der Waals surface area contributed by atoms with E-state index in [9.17, 15) is 0 Å². The Bertz CT molecular complexity index is 495. The summed E-state index contributed by atoms with van der Waals surface area (Å²) in [6, 6.07) is 7.88. The van der Waals surface area contributed by atoms with E-state index in [4.69, 9.17) is 16.6 Å². The lowest BCUT2D eigenvalue weighted by Crippen LogP contribution is -1.96. The fraction of sp³-hybridized carbons (Fsp3) is 0.308. The summed E-state index contributed by atoms with van der Waals surface area (Å²) in [5.74, 6) is 0. The largest absolute Gasteiger partial charge is 0.375 e. The average Bonchev–Trinajstić information content (AvgIpc) is 2.62. The lowest BCUT2D eigenvalue weighted by atomic mass is 10.2. The van der Waals surface area contributed by atoms with Crippen LogP contribution in [0, 0.1) is 0 Å². The van der Waals surface area contributed by atoms with Crippen LogP contribution in [0.4, 0.5) is 5.00 Å². The third-order valence-corrected chi connectivity index (χ3v) is 4.27. The third-order valence-electron chi connectivity index (χ3n) is 2.91. The van der Waals surface area contributed by atoms with Crippen LogP contribution in [0.3, 0.4) is 0 Å². The van der Waals surface area contributed by atoms with Gasteiger partial charge < -0.3 is 5.32 Å². The summed E-state index contributed by atoms with van der Waals surface area (Å²) in [5.41, 5.74) is 2.37. The highest BCUT2D eigenvalue weighted by Gasteiger charge is 2.14. The van der Waals surface area contributed by atoms with E-state index in [0.717, 1.165) is 28.6 Å². The van der Waals surface area contributed by atoms with E-state index >= 15 is 0 Å². The minimum atomic E-state index is 0.769. The van der Waals surface area contributed by atoms with Crippen molar-refractivity contribution in [1.29, 1.82) is 0 Å². The highest BCUT2D eigenvalue weighted by Crippen LogP contribution is 2.34. The summed E-state index contributed by atoms with van der Waals surface area (Å²) in [6.07, 6.45) is 3.55. The summed E-state index contributed by atoms with van der Waals surface area (Å²) < 4.78 is 0. The molecule has 2 heterocycles. The maximum Gasteiger partial charge on any atom is 0.125 e. The Morgan fingerprint density at radius 3 is 2.82 bits per heavy atom. The van der Waals surface area contributed by atoms with Crippen LogP contribution in [0.5, 0.6) is 0 Å². The molecule has 17 heavy (non-hydrogen) atoms. The van der Waals surface area contributed by atoms with Crippen molar-refractivity contribution in [3.05, 3.63) is 35.0 Å². The summed E-state index contributed by atoms with van der Waals surface area (Å²) >= 11 is 7.63. The predicted molar refractivity (Wildman–Crippen MR) is 74.0 cm³/mol. The molecule has 1 aromatic heterocycles. The molecule has 1 N–H and O–H groups in total. The van der Waals surface area contributed by atoms with E-state index in [-0.39, 0.29) is 0 Å². The number of aromatic nitrogens is 1. The molecule has 0 saturated heterocycles. The minimum absolute atomic E-state index is 0.769. The smallest absolute Gasteiger partial charge is 0.125 e. The van der Waals surface area contributed by atoms with Gasteiger partial charge >= 0.3 is 0 Å². The number of hydrogen-bond donors (Lipinski definition) is 1. The first-order valence-corrected chi connectivity index (χ1v) is 7.02. The molecule has 0 bridgehead atoms. The van der Waals surface area contributed by atoms with Crippen molar-refractivity contribution >= 4 is 27.9 Å². The number of fused-ring (bicyclic) bond motifs is 1. The SMILES string of the molecule is Clc1ccc(-c2nc3c(s2)NCCCC3)cc1.